The van der Waals surface area contributed by atoms with Crippen LogP contribution >= 0.6 is 11.6 Å². The minimum Gasteiger partial charge on any atom is -0.399 e. The molecule has 1 heterocycles. The van der Waals surface area contributed by atoms with Gasteiger partial charge in [-0.1, -0.05) is 11.6 Å². The number of carbonyl (C=O) groups excluding carboxylic acids is 1. The van der Waals surface area contributed by atoms with E-state index < -0.39 is 0 Å². The van der Waals surface area contributed by atoms with Gasteiger partial charge in [0.15, 0.2) is 0 Å². The number of amides is 1. The lowest BCUT2D eigenvalue weighted by atomic mass is 10.1. The van der Waals surface area contributed by atoms with Crippen LogP contribution in [0.1, 0.15) is 19.3 Å². The van der Waals surface area contributed by atoms with Gasteiger partial charge in [0.25, 0.3) is 0 Å². The molecule has 0 bridgehead atoms. The third kappa shape index (κ3) is 2.07. The molecule has 2 N–H and O–H groups in total. The fourth-order valence-corrected chi connectivity index (χ4v) is 2.02. The highest BCUT2D eigenvalue weighted by atomic mass is 35.5. The predicted molar refractivity (Wildman–Crippen MR) is 62.1 cm³/mol. The van der Waals surface area contributed by atoms with Gasteiger partial charge in [-0.15, -0.1) is 0 Å². The van der Waals surface area contributed by atoms with Crippen molar-refractivity contribution in [2.24, 2.45) is 0 Å². The summed E-state index contributed by atoms with van der Waals surface area (Å²) in [7, 11) is 0. The maximum atomic E-state index is 11.7. The van der Waals surface area contributed by atoms with E-state index in [1.54, 1.807) is 23.1 Å². The average Bonchev–Trinajstić information content (AvgIpc) is 2.23. The van der Waals surface area contributed by atoms with Crippen LogP contribution in [0, 0.1) is 0 Å². The first-order valence-electron chi connectivity index (χ1n) is 5.04. The van der Waals surface area contributed by atoms with Gasteiger partial charge < -0.3 is 10.6 Å². The first kappa shape index (κ1) is 10.3. The molecule has 1 aliphatic heterocycles. The molecule has 1 aromatic carbocycles. The number of hydrogen-bond donors (Lipinski definition) is 1. The zero-order chi connectivity index (χ0) is 10.8. The summed E-state index contributed by atoms with van der Waals surface area (Å²) in [6, 6.07) is 5.22. The topological polar surface area (TPSA) is 46.3 Å². The number of nitrogens with zero attached hydrogens (tertiary/aromatic N) is 1. The molecule has 0 radical (unpaired) electrons. The summed E-state index contributed by atoms with van der Waals surface area (Å²) in [6.07, 6.45) is 2.59. The van der Waals surface area contributed by atoms with Crippen molar-refractivity contribution in [2.45, 2.75) is 19.3 Å². The van der Waals surface area contributed by atoms with Gasteiger partial charge in [-0.2, -0.15) is 0 Å². The Morgan fingerprint density at radius 1 is 1.33 bits per heavy atom. The maximum absolute atomic E-state index is 11.7. The molecule has 0 spiro atoms. The highest BCUT2D eigenvalue weighted by Gasteiger charge is 2.21. The Morgan fingerprint density at radius 2 is 2.13 bits per heavy atom. The molecule has 1 fully saturated rings. The van der Waals surface area contributed by atoms with Crippen LogP contribution in [0.3, 0.4) is 0 Å². The van der Waals surface area contributed by atoms with Gasteiger partial charge in [-0.3, -0.25) is 4.79 Å². The summed E-state index contributed by atoms with van der Waals surface area (Å²) in [6.45, 7) is 0.738. The molecule has 1 amide bonds. The second kappa shape index (κ2) is 4.11. The molecule has 1 aromatic rings. The van der Waals surface area contributed by atoms with Gasteiger partial charge in [-0.05, 0) is 31.0 Å². The molecule has 2 rings (SSSR count). The van der Waals surface area contributed by atoms with Crippen molar-refractivity contribution in [1.82, 2.24) is 0 Å². The monoisotopic (exact) mass is 224 g/mol. The van der Waals surface area contributed by atoms with E-state index in [-0.39, 0.29) is 5.91 Å². The standard InChI is InChI=1S/C11H13ClN2O/c12-9-5-4-8(13)7-10(9)14-6-2-1-3-11(14)15/h4-5,7H,1-3,6,13H2. The Bertz CT molecular complexity index is 392. The molecule has 15 heavy (non-hydrogen) atoms. The number of rotatable bonds is 1. The van der Waals surface area contributed by atoms with E-state index in [1.807, 2.05) is 0 Å². The summed E-state index contributed by atoms with van der Waals surface area (Å²) < 4.78 is 0. The minimum atomic E-state index is 0.133. The summed E-state index contributed by atoms with van der Waals surface area (Å²) in [4.78, 5) is 13.4. The minimum absolute atomic E-state index is 0.133. The van der Waals surface area contributed by atoms with Crippen LogP contribution in [0.2, 0.25) is 5.02 Å². The molecule has 0 unspecified atom stereocenters. The number of anilines is 2. The normalized spacial score (nSPS) is 16.9. The molecule has 4 heteroatoms. The van der Waals surface area contributed by atoms with Crippen LogP contribution in [0.25, 0.3) is 0 Å². The number of piperidine rings is 1. The molecule has 1 saturated heterocycles. The van der Waals surface area contributed by atoms with E-state index in [4.69, 9.17) is 17.3 Å². The Morgan fingerprint density at radius 3 is 2.87 bits per heavy atom. The number of nitrogen functional groups attached to an aromatic ring is 1. The molecule has 0 saturated carbocycles. The summed E-state index contributed by atoms with van der Waals surface area (Å²) >= 11 is 6.05. The van der Waals surface area contributed by atoms with Gasteiger partial charge in [0.1, 0.15) is 0 Å². The third-order valence-electron chi connectivity index (χ3n) is 2.58. The van der Waals surface area contributed by atoms with Gasteiger partial charge in [0, 0.05) is 18.7 Å². The number of benzene rings is 1. The molecule has 80 valence electrons. The van der Waals surface area contributed by atoms with Crippen LogP contribution < -0.4 is 10.6 Å². The summed E-state index contributed by atoms with van der Waals surface area (Å²) in [5.74, 6) is 0.133. The average molecular weight is 225 g/mol. The van der Waals surface area contributed by atoms with Crippen molar-refractivity contribution in [3.63, 3.8) is 0 Å². The Hall–Kier alpha value is -1.22. The quantitative estimate of drug-likeness (QED) is 0.745. The van der Waals surface area contributed by atoms with E-state index >= 15 is 0 Å². The van der Waals surface area contributed by atoms with Gasteiger partial charge in [-0.25, -0.2) is 0 Å². The zero-order valence-electron chi connectivity index (χ0n) is 8.37. The molecule has 0 aliphatic carbocycles. The van der Waals surface area contributed by atoms with Crippen LogP contribution in [0.5, 0.6) is 0 Å². The number of nitrogens with two attached hydrogens (primary N) is 1. The van der Waals surface area contributed by atoms with Gasteiger partial charge in [0.2, 0.25) is 5.91 Å². The fourth-order valence-electron chi connectivity index (χ4n) is 1.80. The molecular formula is C11H13ClN2O. The Labute approximate surface area is 93.8 Å². The third-order valence-corrected chi connectivity index (χ3v) is 2.90. The van der Waals surface area contributed by atoms with Crippen molar-refractivity contribution in [3.8, 4) is 0 Å². The lowest BCUT2D eigenvalue weighted by molar-refractivity contribution is -0.119. The lowest BCUT2D eigenvalue weighted by Gasteiger charge is -2.27. The number of hydrogen-bond acceptors (Lipinski definition) is 2. The highest BCUT2D eigenvalue weighted by molar-refractivity contribution is 6.34. The van der Waals surface area contributed by atoms with Crippen molar-refractivity contribution in [1.29, 1.82) is 0 Å². The molecule has 0 aromatic heterocycles. The Balaban J connectivity index is 2.34. The second-order valence-corrected chi connectivity index (χ2v) is 4.12. The van der Waals surface area contributed by atoms with Crippen molar-refractivity contribution in [2.75, 3.05) is 17.2 Å². The summed E-state index contributed by atoms with van der Waals surface area (Å²) in [5, 5.41) is 0.583. The lowest BCUT2D eigenvalue weighted by Crippen LogP contribution is -2.35. The molecular weight excluding hydrogens is 212 g/mol. The van der Waals surface area contributed by atoms with E-state index in [2.05, 4.69) is 0 Å². The SMILES string of the molecule is Nc1ccc(Cl)c(N2CCCCC2=O)c1. The van der Waals surface area contributed by atoms with Crippen molar-refractivity contribution >= 4 is 28.9 Å². The van der Waals surface area contributed by atoms with Crippen LogP contribution in [0.15, 0.2) is 18.2 Å². The molecule has 1 aliphatic rings. The van der Waals surface area contributed by atoms with Gasteiger partial charge >= 0.3 is 0 Å². The zero-order valence-corrected chi connectivity index (χ0v) is 9.13. The van der Waals surface area contributed by atoms with Crippen molar-refractivity contribution in [3.05, 3.63) is 23.2 Å². The van der Waals surface area contributed by atoms with Crippen LogP contribution in [0.4, 0.5) is 11.4 Å². The second-order valence-electron chi connectivity index (χ2n) is 3.71. The first-order valence-corrected chi connectivity index (χ1v) is 5.41. The predicted octanol–water partition coefficient (Wildman–Crippen LogP) is 2.44. The first-order chi connectivity index (χ1) is 7.18. The maximum Gasteiger partial charge on any atom is 0.227 e. The van der Waals surface area contributed by atoms with Crippen LogP contribution in [-0.4, -0.2) is 12.5 Å². The van der Waals surface area contributed by atoms with E-state index in [0.29, 0.717) is 17.1 Å². The van der Waals surface area contributed by atoms with E-state index in [9.17, 15) is 4.79 Å². The number of carbonyl (C=O) groups is 1. The molecule has 0 atom stereocenters. The van der Waals surface area contributed by atoms with Crippen molar-refractivity contribution < 1.29 is 4.79 Å². The Kier molecular flexibility index (Phi) is 2.82. The van der Waals surface area contributed by atoms with Gasteiger partial charge in [0.05, 0.1) is 10.7 Å². The number of halogens is 1. The fraction of sp³-hybridized carbons (Fsp3) is 0.364. The molecule has 3 nitrogen and oxygen atoms in total. The smallest absolute Gasteiger partial charge is 0.227 e. The largest absolute Gasteiger partial charge is 0.399 e. The van der Waals surface area contributed by atoms with E-state index in [1.165, 1.54) is 0 Å². The highest BCUT2D eigenvalue weighted by Crippen LogP contribution is 2.30. The van der Waals surface area contributed by atoms with E-state index in [0.717, 1.165) is 25.1 Å². The summed E-state index contributed by atoms with van der Waals surface area (Å²) in [5.41, 5.74) is 7.05. The van der Waals surface area contributed by atoms with Crippen LogP contribution in [-0.2, 0) is 4.79 Å².